The summed E-state index contributed by atoms with van der Waals surface area (Å²) in [6.45, 7) is 7.54. The number of nitrogens with zero attached hydrogens (tertiary/aromatic N) is 4. The predicted molar refractivity (Wildman–Crippen MR) is 160 cm³/mol. The molecule has 2 aliphatic carbocycles. The molecule has 222 valence electrons. The van der Waals surface area contributed by atoms with E-state index in [0.29, 0.717) is 38.1 Å². The molecule has 3 heterocycles. The average Bonchev–Trinajstić information content (AvgIpc) is 3.40. The van der Waals surface area contributed by atoms with Crippen LogP contribution in [0.15, 0.2) is 36.9 Å². The van der Waals surface area contributed by atoms with Gasteiger partial charge in [0.15, 0.2) is 6.35 Å². The molecular formula is C32H45ClN6O2. The Bertz CT molecular complexity index is 1160. The summed E-state index contributed by atoms with van der Waals surface area (Å²) in [5.74, 6) is 0.299. The second-order valence-electron chi connectivity index (χ2n) is 13.0. The van der Waals surface area contributed by atoms with Gasteiger partial charge < -0.3 is 14.5 Å². The number of alkyl halides is 1. The zero-order valence-corrected chi connectivity index (χ0v) is 25.1. The molecule has 1 aromatic rings. The van der Waals surface area contributed by atoms with Crippen molar-refractivity contribution in [3.8, 4) is 6.07 Å². The van der Waals surface area contributed by atoms with Crippen LogP contribution < -0.4 is 10.6 Å². The Morgan fingerprint density at radius 1 is 1.22 bits per heavy atom. The van der Waals surface area contributed by atoms with E-state index < -0.39 is 0 Å². The number of fused-ring (bicyclic) bond motifs is 2. The molecule has 0 aromatic heterocycles. The lowest BCUT2D eigenvalue weighted by atomic mass is 9.59. The first-order chi connectivity index (χ1) is 19.9. The summed E-state index contributed by atoms with van der Waals surface area (Å²) in [5.41, 5.74) is 2.92. The third-order valence-electron chi connectivity index (χ3n) is 10.8. The lowest BCUT2D eigenvalue weighted by Crippen LogP contribution is -2.73. The van der Waals surface area contributed by atoms with Gasteiger partial charge in [-0.1, -0.05) is 30.8 Å². The molecule has 1 spiro atoms. The molecule has 0 radical (unpaired) electrons. The molecule has 2 N–H and O–H groups in total. The van der Waals surface area contributed by atoms with Gasteiger partial charge in [0, 0.05) is 43.0 Å². The maximum atomic E-state index is 12.6. The first-order valence-electron chi connectivity index (χ1n) is 15.5. The molecule has 41 heavy (non-hydrogen) atoms. The topological polar surface area (TPSA) is 83.9 Å². The Morgan fingerprint density at radius 3 is 2.80 bits per heavy atom. The Balaban J connectivity index is 1.22. The molecule has 3 aliphatic heterocycles. The zero-order valence-electron chi connectivity index (χ0n) is 24.3. The highest BCUT2D eigenvalue weighted by Gasteiger charge is 2.52. The van der Waals surface area contributed by atoms with Crippen LogP contribution in [0.3, 0.4) is 0 Å². The van der Waals surface area contributed by atoms with Crippen molar-refractivity contribution in [2.45, 2.75) is 87.4 Å². The van der Waals surface area contributed by atoms with E-state index in [2.05, 4.69) is 64.4 Å². The van der Waals surface area contributed by atoms with Crippen molar-refractivity contribution in [1.29, 1.82) is 5.26 Å². The number of amides is 1. The van der Waals surface area contributed by atoms with Gasteiger partial charge >= 0.3 is 0 Å². The number of ether oxygens (including phenoxy) is 1. The summed E-state index contributed by atoms with van der Waals surface area (Å²) in [7, 11) is 2.19. The zero-order chi connectivity index (χ0) is 28.6. The van der Waals surface area contributed by atoms with Crippen LogP contribution in [0, 0.1) is 22.7 Å². The number of hydrogen-bond donors (Lipinski definition) is 2. The van der Waals surface area contributed by atoms with Crippen molar-refractivity contribution in [3.63, 3.8) is 0 Å². The normalized spacial score (nSPS) is 37.8. The number of rotatable bonds is 6. The Labute approximate surface area is 250 Å². The standard InChI is InChI=1S/C32H45ClN6O2/c1-3-29(40)39-16-15-38(20-24(39)11-13-34)30-26-10-12-32(18-23-8-5-4-7-22(23)17-28(32)33)19-27(26)35-31(36-30)41-21-25-9-6-14-37(25)2/h3-5,7-8,24-28,30-31,35-36H,1,6,9-12,14-21H2,2H3. The lowest BCUT2D eigenvalue weighted by Gasteiger charge is -2.57. The van der Waals surface area contributed by atoms with E-state index in [0.717, 1.165) is 45.2 Å². The van der Waals surface area contributed by atoms with E-state index >= 15 is 0 Å². The molecule has 0 bridgehead atoms. The first-order valence-corrected chi connectivity index (χ1v) is 15.9. The van der Waals surface area contributed by atoms with Crippen LogP contribution in [0.2, 0.25) is 0 Å². The number of carbonyl (C=O) groups is 1. The summed E-state index contributed by atoms with van der Waals surface area (Å²) in [4.78, 5) is 19.3. The second-order valence-corrected chi connectivity index (χ2v) is 13.5. The van der Waals surface area contributed by atoms with Gasteiger partial charge in [-0.25, -0.2) is 0 Å². The third kappa shape index (κ3) is 5.82. The number of halogens is 1. The highest BCUT2D eigenvalue weighted by Crippen LogP contribution is 2.51. The van der Waals surface area contributed by atoms with Crippen molar-refractivity contribution in [3.05, 3.63) is 48.0 Å². The fourth-order valence-electron chi connectivity index (χ4n) is 8.39. The molecule has 1 saturated carbocycles. The highest BCUT2D eigenvalue weighted by atomic mass is 35.5. The molecule has 8 nitrogen and oxygen atoms in total. The maximum Gasteiger partial charge on any atom is 0.246 e. The van der Waals surface area contributed by atoms with Crippen LogP contribution in [0.25, 0.3) is 0 Å². The van der Waals surface area contributed by atoms with Crippen molar-refractivity contribution < 1.29 is 9.53 Å². The number of benzene rings is 1. The summed E-state index contributed by atoms with van der Waals surface area (Å²) < 4.78 is 6.56. The molecule has 9 heteroatoms. The van der Waals surface area contributed by atoms with Crippen LogP contribution in [0.5, 0.6) is 0 Å². The average molecular weight is 581 g/mol. The Hall–Kier alpha value is -1.99. The van der Waals surface area contributed by atoms with Gasteiger partial charge in [0.25, 0.3) is 0 Å². The minimum absolute atomic E-state index is 0.0700. The molecule has 5 aliphatic rings. The van der Waals surface area contributed by atoms with Gasteiger partial charge in [0.05, 0.1) is 31.3 Å². The lowest BCUT2D eigenvalue weighted by molar-refractivity contribution is -0.137. The number of carbonyl (C=O) groups excluding carboxylic acids is 1. The van der Waals surface area contributed by atoms with E-state index in [9.17, 15) is 10.1 Å². The highest BCUT2D eigenvalue weighted by molar-refractivity contribution is 6.21. The molecule has 1 aromatic carbocycles. The summed E-state index contributed by atoms with van der Waals surface area (Å²) in [6.07, 6.45) is 9.10. The van der Waals surface area contributed by atoms with Crippen molar-refractivity contribution in [2.75, 3.05) is 39.8 Å². The smallest absolute Gasteiger partial charge is 0.246 e. The fourth-order valence-corrected chi connectivity index (χ4v) is 8.83. The van der Waals surface area contributed by atoms with Crippen molar-refractivity contribution in [2.24, 2.45) is 11.3 Å². The van der Waals surface area contributed by atoms with Gasteiger partial charge in [-0.05, 0) is 81.2 Å². The van der Waals surface area contributed by atoms with Crippen LogP contribution in [0.1, 0.15) is 49.7 Å². The summed E-state index contributed by atoms with van der Waals surface area (Å²) in [5, 5.41) is 17.4. The molecule has 1 amide bonds. The van der Waals surface area contributed by atoms with E-state index in [-0.39, 0.29) is 41.3 Å². The van der Waals surface area contributed by atoms with Crippen LogP contribution in [-0.4, -0.2) is 96.5 Å². The predicted octanol–water partition coefficient (Wildman–Crippen LogP) is 3.07. The number of likely N-dealkylation sites (tertiary alicyclic amines) is 1. The van der Waals surface area contributed by atoms with Crippen molar-refractivity contribution in [1.82, 2.24) is 25.3 Å². The van der Waals surface area contributed by atoms with Gasteiger partial charge in [0.1, 0.15) is 0 Å². The largest absolute Gasteiger partial charge is 0.348 e. The molecule has 8 atom stereocenters. The van der Waals surface area contributed by atoms with E-state index in [4.69, 9.17) is 16.3 Å². The monoisotopic (exact) mass is 580 g/mol. The molecule has 3 saturated heterocycles. The van der Waals surface area contributed by atoms with Crippen LogP contribution in [-0.2, 0) is 22.4 Å². The minimum atomic E-state index is -0.252. The van der Waals surface area contributed by atoms with Crippen molar-refractivity contribution >= 4 is 17.5 Å². The summed E-state index contributed by atoms with van der Waals surface area (Å²) in [6, 6.07) is 11.7. The molecular weight excluding hydrogens is 536 g/mol. The second kappa shape index (κ2) is 12.3. The van der Waals surface area contributed by atoms with Gasteiger partial charge in [-0.3, -0.25) is 20.3 Å². The van der Waals surface area contributed by atoms with E-state index in [1.807, 2.05) is 4.90 Å². The minimum Gasteiger partial charge on any atom is -0.348 e. The first kappa shape index (κ1) is 29.1. The maximum absolute atomic E-state index is 12.6. The molecule has 4 fully saturated rings. The van der Waals surface area contributed by atoms with Crippen LogP contribution in [0.4, 0.5) is 0 Å². The van der Waals surface area contributed by atoms with Gasteiger partial charge in [-0.15, -0.1) is 11.6 Å². The molecule has 6 rings (SSSR count). The van der Waals surface area contributed by atoms with Gasteiger partial charge in [-0.2, -0.15) is 5.26 Å². The Morgan fingerprint density at radius 2 is 2.05 bits per heavy atom. The number of piperazine rings is 1. The number of likely N-dealkylation sites (N-methyl/N-ethyl adjacent to an activating group) is 1. The van der Waals surface area contributed by atoms with E-state index in [1.165, 1.54) is 30.0 Å². The Kier molecular flexibility index (Phi) is 8.74. The quantitative estimate of drug-likeness (QED) is 0.395. The fraction of sp³-hybridized carbons (Fsp3) is 0.688. The summed E-state index contributed by atoms with van der Waals surface area (Å²) >= 11 is 7.24. The van der Waals surface area contributed by atoms with E-state index in [1.54, 1.807) is 0 Å². The number of hydrogen-bond acceptors (Lipinski definition) is 7. The number of nitriles is 1. The van der Waals surface area contributed by atoms with Gasteiger partial charge in [0.2, 0.25) is 5.91 Å². The number of nitrogens with one attached hydrogen (secondary N) is 2. The SMILES string of the molecule is C=CC(=O)N1CCN(C2NC(OCC3CCCN3C)NC3CC4(CCC32)Cc2ccccc2CC4Cl)CC1CC#N. The van der Waals surface area contributed by atoms with Crippen LogP contribution >= 0.6 is 11.6 Å². The third-order valence-corrected chi connectivity index (χ3v) is 11.4. The molecule has 8 unspecified atom stereocenters.